The third-order valence-electron chi connectivity index (χ3n) is 4.10. The average Bonchev–Trinajstić information content (AvgIpc) is 2.78. The molecule has 4 nitrogen and oxygen atoms in total. The molecule has 5 unspecified atom stereocenters. The zero-order valence-corrected chi connectivity index (χ0v) is 10.4. The molecular formula is C10H11IO4. The van der Waals surface area contributed by atoms with Gasteiger partial charge in [0.2, 0.25) is 0 Å². The second-order valence-electron chi connectivity index (χ2n) is 4.59. The van der Waals surface area contributed by atoms with Gasteiger partial charge in [-0.1, -0.05) is 22.6 Å². The molecule has 3 aliphatic rings. The summed E-state index contributed by atoms with van der Waals surface area (Å²) in [5.41, 5.74) is -0.650. The number of alkyl halides is 1. The van der Waals surface area contributed by atoms with E-state index in [2.05, 4.69) is 22.6 Å². The van der Waals surface area contributed by atoms with Gasteiger partial charge in [0.05, 0.1) is 17.0 Å². The Labute approximate surface area is 101 Å². The molecule has 0 aromatic heterocycles. The molecule has 82 valence electrons. The van der Waals surface area contributed by atoms with E-state index in [0.29, 0.717) is 5.92 Å². The Morgan fingerprint density at radius 3 is 3.07 bits per heavy atom. The monoisotopic (exact) mass is 322 g/mol. The predicted molar refractivity (Wildman–Crippen MR) is 58.4 cm³/mol. The molecule has 1 aliphatic heterocycles. The molecular weight excluding hydrogens is 311 g/mol. The van der Waals surface area contributed by atoms with Gasteiger partial charge in [-0.25, -0.2) is 0 Å². The number of hydrogen-bond acceptors (Lipinski definition) is 4. The lowest BCUT2D eigenvalue weighted by Crippen LogP contribution is -2.43. The number of rotatable bonds is 1. The smallest absolute Gasteiger partial charge is 0.316 e. The van der Waals surface area contributed by atoms with Gasteiger partial charge in [0.15, 0.2) is 0 Å². The van der Waals surface area contributed by atoms with Crippen LogP contribution in [0.15, 0.2) is 0 Å². The topological polar surface area (TPSA) is 52.6 Å². The standard InChI is InChI=1S/C10H11IO4/c1-14-9(13)10-3-4-2-5(10)8(12)15-7(10)6(4)11/h4-7H,2-3H2,1H3. The molecule has 0 radical (unpaired) electrons. The third kappa shape index (κ3) is 0.933. The van der Waals surface area contributed by atoms with Crippen molar-refractivity contribution in [2.75, 3.05) is 7.11 Å². The van der Waals surface area contributed by atoms with Crippen molar-refractivity contribution in [2.24, 2.45) is 17.3 Å². The highest BCUT2D eigenvalue weighted by atomic mass is 127. The van der Waals surface area contributed by atoms with Crippen LogP contribution < -0.4 is 0 Å². The summed E-state index contributed by atoms with van der Waals surface area (Å²) in [6.45, 7) is 0. The average molecular weight is 322 g/mol. The summed E-state index contributed by atoms with van der Waals surface area (Å²) in [7, 11) is 1.38. The van der Waals surface area contributed by atoms with E-state index in [1.807, 2.05) is 0 Å². The molecule has 15 heavy (non-hydrogen) atoms. The number of carbonyl (C=O) groups is 2. The van der Waals surface area contributed by atoms with Crippen molar-refractivity contribution in [2.45, 2.75) is 22.9 Å². The van der Waals surface area contributed by atoms with Gasteiger partial charge < -0.3 is 9.47 Å². The zero-order chi connectivity index (χ0) is 10.8. The SMILES string of the molecule is COC(=O)C12CC3CC1C(=O)OC2C3I. The van der Waals surface area contributed by atoms with Crippen LogP contribution in [-0.4, -0.2) is 29.1 Å². The first-order chi connectivity index (χ1) is 7.11. The Balaban J connectivity index is 2.09. The highest BCUT2D eigenvalue weighted by Crippen LogP contribution is 2.65. The first kappa shape index (κ1) is 9.86. The minimum absolute atomic E-state index is 0.202. The zero-order valence-electron chi connectivity index (χ0n) is 8.23. The van der Waals surface area contributed by atoms with Crippen molar-refractivity contribution in [3.8, 4) is 0 Å². The molecule has 5 heteroatoms. The van der Waals surface area contributed by atoms with E-state index in [0.717, 1.165) is 12.8 Å². The van der Waals surface area contributed by atoms with Crippen molar-refractivity contribution in [3.05, 3.63) is 0 Å². The van der Waals surface area contributed by atoms with Crippen LogP contribution in [0.2, 0.25) is 0 Å². The number of methoxy groups -OCH3 is 1. The normalized spacial score (nSPS) is 50.7. The summed E-state index contributed by atoms with van der Waals surface area (Å²) < 4.78 is 10.5. The summed E-state index contributed by atoms with van der Waals surface area (Å²) in [5.74, 6) is -0.269. The minimum atomic E-state index is -0.650. The first-order valence-corrected chi connectivity index (χ1v) is 6.29. The molecule has 2 aliphatic carbocycles. The molecule has 0 aromatic rings. The van der Waals surface area contributed by atoms with Gasteiger partial charge in [-0.3, -0.25) is 9.59 Å². The maximum absolute atomic E-state index is 11.9. The maximum Gasteiger partial charge on any atom is 0.316 e. The van der Waals surface area contributed by atoms with Gasteiger partial charge in [-0.2, -0.15) is 0 Å². The maximum atomic E-state index is 11.9. The molecule has 1 saturated heterocycles. The van der Waals surface area contributed by atoms with Crippen LogP contribution in [0.25, 0.3) is 0 Å². The third-order valence-corrected chi connectivity index (χ3v) is 5.77. The van der Waals surface area contributed by atoms with E-state index in [4.69, 9.17) is 9.47 Å². The predicted octanol–water partition coefficient (Wildman–Crippen LogP) is 0.915. The van der Waals surface area contributed by atoms with Gasteiger partial charge in [0.25, 0.3) is 0 Å². The lowest BCUT2D eigenvalue weighted by Gasteiger charge is -2.28. The molecule has 2 bridgehead atoms. The van der Waals surface area contributed by atoms with E-state index in [9.17, 15) is 9.59 Å². The fourth-order valence-electron chi connectivity index (χ4n) is 3.48. The van der Waals surface area contributed by atoms with Gasteiger partial charge in [0.1, 0.15) is 11.5 Å². The minimum Gasteiger partial charge on any atom is -0.468 e. The summed E-state index contributed by atoms with van der Waals surface area (Å²) in [6.07, 6.45) is 1.30. The van der Waals surface area contributed by atoms with E-state index >= 15 is 0 Å². The Kier molecular flexibility index (Phi) is 1.88. The van der Waals surface area contributed by atoms with Crippen molar-refractivity contribution in [1.82, 2.24) is 0 Å². The molecule has 1 heterocycles. The fraction of sp³-hybridized carbons (Fsp3) is 0.800. The lowest BCUT2D eigenvalue weighted by atomic mass is 9.75. The second kappa shape index (κ2) is 2.87. The molecule has 5 atom stereocenters. The van der Waals surface area contributed by atoms with Crippen LogP contribution in [0.5, 0.6) is 0 Å². The lowest BCUT2D eigenvalue weighted by molar-refractivity contribution is -0.156. The molecule has 0 aromatic carbocycles. The Morgan fingerprint density at radius 1 is 1.67 bits per heavy atom. The number of ether oxygens (including phenoxy) is 2. The van der Waals surface area contributed by atoms with Crippen LogP contribution in [-0.2, 0) is 19.1 Å². The number of hydrogen-bond donors (Lipinski definition) is 0. The van der Waals surface area contributed by atoms with Gasteiger partial charge in [-0.15, -0.1) is 0 Å². The van der Waals surface area contributed by atoms with Crippen molar-refractivity contribution in [1.29, 1.82) is 0 Å². The fourth-order valence-corrected chi connectivity index (χ4v) is 4.81. The van der Waals surface area contributed by atoms with Gasteiger partial charge >= 0.3 is 11.9 Å². The van der Waals surface area contributed by atoms with Crippen LogP contribution in [0, 0.1) is 17.3 Å². The highest BCUT2D eigenvalue weighted by Gasteiger charge is 2.74. The highest BCUT2D eigenvalue weighted by molar-refractivity contribution is 14.1. The quantitative estimate of drug-likeness (QED) is 0.409. The van der Waals surface area contributed by atoms with E-state index in [1.165, 1.54) is 7.11 Å². The molecule has 3 fully saturated rings. The first-order valence-electron chi connectivity index (χ1n) is 5.04. The number of esters is 2. The summed E-state index contributed by atoms with van der Waals surface area (Å²) in [5, 5.41) is 0. The Hall–Kier alpha value is -0.330. The largest absolute Gasteiger partial charge is 0.468 e. The van der Waals surface area contributed by atoms with Crippen LogP contribution in [0.4, 0.5) is 0 Å². The van der Waals surface area contributed by atoms with Crippen molar-refractivity contribution >= 4 is 34.5 Å². The van der Waals surface area contributed by atoms with E-state index in [-0.39, 0.29) is 27.9 Å². The van der Waals surface area contributed by atoms with Crippen molar-refractivity contribution < 1.29 is 19.1 Å². The molecule has 0 N–H and O–H groups in total. The Morgan fingerprint density at radius 2 is 2.40 bits per heavy atom. The second-order valence-corrected chi connectivity index (χ2v) is 6.02. The molecule has 0 spiro atoms. The summed E-state index contributed by atoms with van der Waals surface area (Å²) in [6, 6.07) is 0. The van der Waals surface area contributed by atoms with E-state index in [1.54, 1.807) is 0 Å². The number of fused-ring (bicyclic) bond motifs is 1. The summed E-state index contributed by atoms with van der Waals surface area (Å²) in [4.78, 5) is 23.5. The number of halogens is 1. The van der Waals surface area contributed by atoms with Crippen LogP contribution >= 0.6 is 22.6 Å². The van der Waals surface area contributed by atoms with Gasteiger partial charge in [-0.05, 0) is 18.8 Å². The van der Waals surface area contributed by atoms with Crippen molar-refractivity contribution in [3.63, 3.8) is 0 Å². The molecule has 2 saturated carbocycles. The summed E-state index contributed by atoms with van der Waals surface area (Å²) >= 11 is 2.30. The molecule has 3 rings (SSSR count). The number of carbonyl (C=O) groups excluding carboxylic acids is 2. The molecule has 0 amide bonds. The van der Waals surface area contributed by atoms with E-state index < -0.39 is 5.41 Å². The Bertz CT molecular complexity index is 355. The van der Waals surface area contributed by atoms with Gasteiger partial charge in [0, 0.05) is 0 Å². The van der Waals surface area contributed by atoms with Crippen LogP contribution in [0.3, 0.4) is 0 Å². The van der Waals surface area contributed by atoms with Crippen LogP contribution in [0.1, 0.15) is 12.8 Å².